The van der Waals surface area contributed by atoms with E-state index in [1.807, 2.05) is 4.68 Å². The monoisotopic (exact) mass is 371 g/mol. The zero-order valence-electron chi connectivity index (χ0n) is 17.6. The number of benzene rings is 1. The molecule has 6 heteroatoms. The number of aryl methyl sites for hydroxylation is 2. The van der Waals surface area contributed by atoms with Crippen molar-refractivity contribution < 1.29 is 4.90 Å². The Bertz CT molecular complexity index is 730. The van der Waals surface area contributed by atoms with Gasteiger partial charge >= 0.3 is 0 Å². The van der Waals surface area contributed by atoms with Crippen molar-refractivity contribution in [2.45, 2.75) is 66.0 Å². The number of nitrogens with one attached hydrogen (secondary N) is 1. The number of rotatable bonds is 7. The lowest BCUT2D eigenvalue weighted by molar-refractivity contribution is -0.933. The van der Waals surface area contributed by atoms with Crippen LogP contribution < -0.4 is 9.80 Å². The van der Waals surface area contributed by atoms with Crippen molar-refractivity contribution in [3.05, 3.63) is 35.2 Å². The first kappa shape index (κ1) is 19.8. The second-order valence-electron chi connectivity index (χ2n) is 8.21. The molecule has 0 aliphatic carbocycles. The minimum Gasteiger partial charge on any atom is -0.360 e. The van der Waals surface area contributed by atoms with Crippen LogP contribution in [-0.4, -0.2) is 46.4 Å². The molecule has 27 heavy (non-hydrogen) atoms. The van der Waals surface area contributed by atoms with Gasteiger partial charge in [-0.3, -0.25) is 0 Å². The molecule has 1 saturated heterocycles. The highest BCUT2D eigenvalue weighted by molar-refractivity contribution is 5.55. The zero-order valence-corrected chi connectivity index (χ0v) is 17.6. The van der Waals surface area contributed by atoms with Gasteiger partial charge in [-0.2, -0.15) is 0 Å². The van der Waals surface area contributed by atoms with Gasteiger partial charge in [0.25, 0.3) is 0 Å². The lowest BCUT2D eigenvalue weighted by Gasteiger charge is -2.38. The third-order valence-electron chi connectivity index (χ3n) is 5.77. The smallest absolute Gasteiger partial charge is 0.209 e. The van der Waals surface area contributed by atoms with Gasteiger partial charge in [0.1, 0.15) is 6.04 Å². The highest BCUT2D eigenvalue weighted by Gasteiger charge is 2.33. The van der Waals surface area contributed by atoms with Crippen LogP contribution in [0.5, 0.6) is 0 Å². The Morgan fingerprint density at radius 3 is 2.56 bits per heavy atom. The molecule has 0 spiro atoms. The van der Waals surface area contributed by atoms with E-state index in [0.29, 0.717) is 12.1 Å². The molecule has 2 aromatic rings. The van der Waals surface area contributed by atoms with Crippen LogP contribution in [0.15, 0.2) is 18.2 Å². The SMILES string of the molecule is CCCC[C@H](c1nnnn1C(C)C)[NH+]1CCN(c2cc(C)ccc2C)CC1. The Balaban J connectivity index is 1.74. The van der Waals surface area contributed by atoms with Crippen molar-refractivity contribution in [1.29, 1.82) is 0 Å². The standard InChI is InChI=1S/C21H34N6/c1-6-7-8-19(21-22-23-24-27(21)16(2)3)25-11-13-26(14-12-25)20-15-17(4)9-10-18(20)5/h9-10,15-16,19H,6-8,11-14H2,1-5H3/p+1/t19-/m1/s1. The Morgan fingerprint density at radius 1 is 1.15 bits per heavy atom. The molecule has 3 rings (SSSR count). The van der Waals surface area contributed by atoms with E-state index in [2.05, 4.69) is 73.2 Å². The zero-order chi connectivity index (χ0) is 19.4. The van der Waals surface area contributed by atoms with Crippen LogP contribution in [0, 0.1) is 13.8 Å². The van der Waals surface area contributed by atoms with Crippen molar-refractivity contribution in [3.63, 3.8) is 0 Å². The first-order valence-corrected chi connectivity index (χ1v) is 10.5. The van der Waals surface area contributed by atoms with Crippen LogP contribution >= 0.6 is 0 Å². The Hall–Kier alpha value is -1.95. The molecule has 0 amide bonds. The molecule has 0 unspecified atom stereocenters. The number of hydrogen-bond acceptors (Lipinski definition) is 4. The molecule has 0 radical (unpaired) electrons. The summed E-state index contributed by atoms with van der Waals surface area (Å²) >= 11 is 0. The maximum Gasteiger partial charge on any atom is 0.209 e. The highest BCUT2D eigenvalue weighted by atomic mass is 15.6. The van der Waals surface area contributed by atoms with Crippen LogP contribution in [0.25, 0.3) is 0 Å². The van der Waals surface area contributed by atoms with Crippen molar-refractivity contribution in [3.8, 4) is 0 Å². The maximum atomic E-state index is 4.44. The number of anilines is 1. The fourth-order valence-corrected chi connectivity index (χ4v) is 4.17. The number of unbranched alkanes of at least 4 members (excludes halogenated alkanes) is 1. The number of aromatic nitrogens is 4. The van der Waals surface area contributed by atoms with E-state index in [4.69, 9.17) is 0 Å². The molecule has 1 atom stereocenters. The molecule has 2 heterocycles. The molecule has 1 aromatic heterocycles. The number of nitrogens with zero attached hydrogens (tertiary/aromatic N) is 5. The summed E-state index contributed by atoms with van der Waals surface area (Å²) in [7, 11) is 0. The molecule has 1 aromatic carbocycles. The van der Waals surface area contributed by atoms with E-state index in [0.717, 1.165) is 38.4 Å². The van der Waals surface area contributed by atoms with Gasteiger partial charge in [0.05, 0.1) is 32.2 Å². The van der Waals surface area contributed by atoms with Gasteiger partial charge in [0.2, 0.25) is 5.82 Å². The van der Waals surface area contributed by atoms with Crippen LogP contribution in [0.3, 0.4) is 0 Å². The molecular weight excluding hydrogens is 336 g/mol. The van der Waals surface area contributed by atoms with Gasteiger partial charge in [0, 0.05) is 12.1 Å². The van der Waals surface area contributed by atoms with E-state index < -0.39 is 0 Å². The van der Waals surface area contributed by atoms with E-state index >= 15 is 0 Å². The minimum absolute atomic E-state index is 0.301. The molecule has 1 aliphatic heterocycles. The molecule has 1 N–H and O–H groups in total. The molecule has 0 bridgehead atoms. The third kappa shape index (κ3) is 4.49. The second kappa shape index (κ2) is 8.83. The summed E-state index contributed by atoms with van der Waals surface area (Å²) in [5.74, 6) is 1.06. The fourth-order valence-electron chi connectivity index (χ4n) is 4.17. The van der Waals surface area contributed by atoms with Crippen molar-refractivity contribution in [1.82, 2.24) is 20.2 Å². The largest absolute Gasteiger partial charge is 0.360 e. The average molecular weight is 372 g/mol. The summed E-state index contributed by atoms with van der Waals surface area (Å²) < 4.78 is 2.02. The molecule has 148 valence electrons. The third-order valence-corrected chi connectivity index (χ3v) is 5.77. The molecular formula is C21H35N6+. The predicted octanol–water partition coefficient (Wildman–Crippen LogP) is 2.51. The quantitative estimate of drug-likeness (QED) is 0.812. The fraction of sp³-hybridized carbons (Fsp3) is 0.667. The van der Waals surface area contributed by atoms with Crippen LogP contribution in [0.2, 0.25) is 0 Å². The maximum absolute atomic E-state index is 4.44. The molecule has 1 aliphatic rings. The summed E-state index contributed by atoms with van der Waals surface area (Å²) in [6.07, 6.45) is 3.59. The average Bonchev–Trinajstić information content (AvgIpc) is 3.14. The van der Waals surface area contributed by atoms with Gasteiger partial charge < -0.3 is 9.80 Å². The van der Waals surface area contributed by atoms with Crippen LogP contribution in [0.1, 0.15) is 69.1 Å². The van der Waals surface area contributed by atoms with Crippen molar-refractivity contribution in [2.24, 2.45) is 0 Å². The lowest BCUT2D eigenvalue weighted by Crippen LogP contribution is -3.15. The van der Waals surface area contributed by atoms with Gasteiger partial charge in [-0.25, -0.2) is 4.68 Å². The highest BCUT2D eigenvalue weighted by Crippen LogP contribution is 2.22. The van der Waals surface area contributed by atoms with Crippen molar-refractivity contribution in [2.75, 3.05) is 31.1 Å². The van der Waals surface area contributed by atoms with Crippen molar-refractivity contribution >= 4 is 5.69 Å². The van der Waals surface area contributed by atoms with E-state index in [1.54, 1.807) is 4.90 Å². The van der Waals surface area contributed by atoms with Gasteiger partial charge in [-0.15, -0.1) is 5.10 Å². The van der Waals surface area contributed by atoms with E-state index in [9.17, 15) is 0 Å². The minimum atomic E-state index is 0.301. The van der Waals surface area contributed by atoms with E-state index in [-0.39, 0.29) is 0 Å². The number of piperazine rings is 1. The lowest BCUT2D eigenvalue weighted by atomic mass is 10.0. The second-order valence-corrected chi connectivity index (χ2v) is 8.21. The van der Waals surface area contributed by atoms with Crippen LogP contribution in [-0.2, 0) is 0 Å². The molecule has 6 nitrogen and oxygen atoms in total. The van der Waals surface area contributed by atoms with Crippen LogP contribution in [0.4, 0.5) is 5.69 Å². The van der Waals surface area contributed by atoms with Gasteiger partial charge in [0.15, 0.2) is 0 Å². The Morgan fingerprint density at radius 2 is 1.89 bits per heavy atom. The summed E-state index contributed by atoms with van der Waals surface area (Å²) in [4.78, 5) is 4.18. The Kier molecular flexibility index (Phi) is 6.47. The van der Waals surface area contributed by atoms with E-state index in [1.165, 1.54) is 29.7 Å². The molecule has 0 saturated carbocycles. The summed E-state index contributed by atoms with van der Waals surface area (Å²) in [6, 6.07) is 7.46. The van der Waals surface area contributed by atoms with Gasteiger partial charge in [-0.05, 0) is 61.7 Å². The summed E-state index contributed by atoms with van der Waals surface area (Å²) in [5, 5.41) is 12.7. The topological polar surface area (TPSA) is 51.3 Å². The number of tetrazole rings is 1. The predicted molar refractivity (Wildman–Crippen MR) is 109 cm³/mol. The van der Waals surface area contributed by atoms with Gasteiger partial charge in [-0.1, -0.05) is 25.5 Å². The molecule has 1 fully saturated rings. The first-order chi connectivity index (χ1) is 13.0. The first-order valence-electron chi connectivity index (χ1n) is 10.5. The number of hydrogen-bond donors (Lipinski definition) is 1. The summed E-state index contributed by atoms with van der Waals surface area (Å²) in [6.45, 7) is 15.4. The summed E-state index contributed by atoms with van der Waals surface area (Å²) in [5.41, 5.74) is 4.10. The Labute approximate surface area is 163 Å². The normalized spacial score (nSPS) is 16.9. The number of quaternary nitrogens is 1.